The van der Waals surface area contributed by atoms with Crippen LogP contribution < -0.4 is 14.8 Å². The Bertz CT molecular complexity index is 1060. The Balaban J connectivity index is 1.36. The van der Waals surface area contributed by atoms with E-state index in [0.717, 1.165) is 48.9 Å². The number of ether oxygens (including phenoxy) is 1. The molecule has 0 spiro atoms. The Hall–Kier alpha value is -2.55. The average molecular weight is 402 g/mol. The van der Waals surface area contributed by atoms with E-state index in [1.807, 2.05) is 0 Å². The lowest BCUT2D eigenvalue weighted by molar-refractivity contribution is 0.157. The van der Waals surface area contributed by atoms with Crippen molar-refractivity contribution in [2.75, 3.05) is 11.9 Å². The molecule has 5 rings (SSSR count). The van der Waals surface area contributed by atoms with Crippen LogP contribution >= 0.6 is 0 Å². The van der Waals surface area contributed by atoms with E-state index in [9.17, 15) is 13.2 Å². The second-order valence-corrected chi connectivity index (χ2v) is 9.32. The number of anilines is 1. The number of hydrogen-bond acceptors (Lipinski definition) is 5. The molecule has 0 fully saturated rings. The summed E-state index contributed by atoms with van der Waals surface area (Å²) in [6.07, 6.45) is 6.01. The molecular formula is C19H22N4O4S. The van der Waals surface area contributed by atoms with Gasteiger partial charge in [0, 0.05) is 11.6 Å². The molecule has 1 atom stereocenters. The van der Waals surface area contributed by atoms with E-state index in [4.69, 9.17) is 4.74 Å². The van der Waals surface area contributed by atoms with E-state index in [2.05, 4.69) is 28.1 Å². The van der Waals surface area contributed by atoms with E-state index in [-0.39, 0.29) is 10.8 Å². The second kappa shape index (κ2) is 6.23. The van der Waals surface area contributed by atoms with E-state index in [1.165, 1.54) is 17.3 Å². The van der Waals surface area contributed by atoms with Gasteiger partial charge in [0.2, 0.25) is 5.88 Å². The van der Waals surface area contributed by atoms with Crippen molar-refractivity contribution >= 4 is 21.7 Å². The van der Waals surface area contributed by atoms with Crippen LogP contribution in [0.25, 0.3) is 0 Å². The summed E-state index contributed by atoms with van der Waals surface area (Å²) in [6.45, 7) is 3.10. The van der Waals surface area contributed by atoms with Gasteiger partial charge in [0.1, 0.15) is 0 Å². The lowest BCUT2D eigenvalue weighted by Gasteiger charge is -2.32. The number of amides is 2. The van der Waals surface area contributed by atoms with Crippen LogP contribution in [0, 0.1) is 5.92 Å². The van der Waals surface area contributed by atoms with E-state index >= 15 is 0 Å². The minimum Gasteiger partial charge on any atom is -0.476 e. The molecule has 2 aromatic rings. The Morgan fingerprint density at radius 3 is 2.57 bits per heavy atom. The van der Waals surface area contributed by atoms with Gasteiger partial charge in [0.25, 0.3) is 10.0 Å². The van der Waals surface area contributed by atoms with Gasteiger partial charge in [0.15, 0.2) is 4.90 Å². The lowest BCUT2D eigenvalue weighted by Crippen LogP contribution is -2.36. The monoisotopic (exact) mass is 402 g/mol. The number of nitrogens with zero attached hydrogens (tertiary/aromatic N) is 2. The number of aryl methyl sites for hydroxylation is 2. The van der Waals surface area contributed by atoms with Crippen LogP contribution in [0.1, 0.15) is 35.6 Å². The van der Waals surface area contributed by atoms with Crippen LogP contribution in [0.2, 0.25) is 0 Å². The highest BCUT2D eigenvalue weighted by Crippen LogP contribution is 2.40. The van der Waals surface area contributed by atoms with E-state index < -0.39 is 16.1 Å². The molecule has 2 amide bonds. The molecule has 2 N–H and O–H groups in total. The van der Waals surface area contributed by atoms with Gasteiger partial charge in [-0.25, -0.2) is 22.6 Å². The number of hydrogen-bond donors (Lipinski definition) is 2. The first-order chi connectivity index (χ1) is 13.5. The highest BCUT2D eigenvalue weighted by Gasteiger charge is 2.32. The second-order valence-electron chi connectivity index (χ2n) is 7.67. The van der Waals surface area contributed by atoms with E-state index in [1.54, 1.807) is 4.68 Å². The Labute approximate surface area is 163 Å². The summed E-state index contributed by atoms with van der Waals surface area (Å²) in [7, 11) is -4.08. The third-order valence-electron chi connectivity index (χ3n) is 5.99. The fraction of sp³-hybridized carbons (Fsp3) is 0.474. The van der Waals surface area contributed by atoms with Gasteiger partial charge in [0.05, 0.1) is 19.3 Å². The molecule has 1 aliphatic heterocycles. The minimum absolute atomic E-state index is 0.105. The first-order valence-corrected chi connectivity index (χ1v) is 11.1. The number of sulfonamides is 1. The molecule has 9 heteroatoms. The van der Waals surface area contributed by atoms with Crippen molar-refractivity contribution in [2.45, 2.75) is 50.5 Å². The zero-order valence-electron chi connectivity index (χ0n) is 15.6. The van der Waals surface area contributed by atoms with Crippen molar-refractivity contribution < 1.29 is 17.9 Å². The van der Waals surface area contributed by atoms with Crippen molar-refractivity contribution in [3.8, 4) is 5.88 Å². The van der Waals surface area contributed by atoms with Gasteiger partial charge in [-0.3, -0.25) is 0 Å². The third kappa shape index (κ3) is 2.68. The molecule has 0 bridgehead atoms. The maximum atomic E-state index is 12.7. The molecule has 0 radical (unpaired) electrons. The number of nitrogens with one attached hydrogen (secondary N) is 2. The van der Waals surface area contributed by atoms with Crippen molar-refractivity contribution in [1.82, 2.24) is 14.5 Å². The molecule has 148 valence electrons. The quantitative estimate of drug-likeness (QED) is 0.814. The number of carbonyl (C=O) groups is 1. The largest absolute Gasteiger partial charge is 0.476 e. The highest BCUT2D eigenvalue weighted by atomic mass is 32.2. The highest BCUT2D eigenvalue weighted by molar-refractivity contribution is 7.90. The summed E-state index contributed by atoms with van der Waals surface area (Å²) in [5, 5.41) is 6.90. The standard InChI is InChI=1S/C19H22N4O4S/c1-2-11-9-23-18(27-10-11)16(8-20-23)28(25,26)22-19(24)21-17-14-5-3-12(14)7-13-4-6-15(13)17/h7-8,11H,2-6,9-10H2,1H3,(H2,21,22,24). The zero-order chi connectivity index (χ0) is 19.5. The topological polar surface area (TPSA) is 102 Å². The number of benzene rings is 1. The van der Waals surface area contributed by atoms with Crippen LogP contribution in [-0.2, 0) is 42.3 Å². The van der Waals surface area contributed by atoms with Gasteiger partial charge >= 0.3 is 6.03 Å². The molecule has 28 heavy (non-hydrogen) atoms. The van der Waals surface area contributed by atoms with Gasteiger partial charge in [-0.05, 0) is 54.4 Å². The molecular weight excluding hydrogens is 380 g/mol. The normalized spacial score (nSPS) is 19.2. The fourth-order valence-electron chi connectivity index (χ4n) is 4.10. The predicted octanol–water partition coefficient (Wildman–Crippen LogP) is 2.01. The number of carbonyl (C=O) groups excluding carboxylic acids is 1. The smallest absolute Gasteiger partial charge is 0.333 e. The average Bonchev–Trinajstić information content (AvgIpc) is 3.02. The number of urea groups is 1. The Morgan fingerprint density at radius 2 is 1.96 bits per heavy atom. The molecule has 2 heterocycles. The first kappa shape index (κ1) is 17.5. The molecule has 3 aliphatic rings. The molecule has 1 aromatic carbocycles. The molecule has 0 saturated heterocycles. The van der Waals surface area contributed by atoms with Crippen molar-refractivity contribution in [3.63, 3.8) is 0 Å². The summed E-state index contributed by atoms with van der Waals surface area (Å²) in [5.41, 5.74) is 5.55. The van der Waals surface area contributed by atoms with Crippen molar-refractivity contribution in [1.29, 1.82) is 0 Å². The minimum atomic E-state index is -4.08. The van der Waals surface area contributed by atoms with Crippen LogP contribution in [0.15, 0.2) is 17.2 Å². The van der Waals surface area contributed by atoms with Gasteiger partial charge in [-0.2, -0.15) is 5.10 Å². The SMILES string of the molecule is CCC1COc2c(S(=O)(=O)NC(=O)Nc3c4c(cc5c3CC5)CC4)cnn2C1. The number of aromatic nitrogens is 2. The van der Waals surface area contributed by atoms with Crippen LogP contribution in [0.5, 0.6) is 5.88 Å². The lowest BCUT2D eigenvalue weighted by atomic mass is 9.76. The third-order valence-corrected chi connectivity index (χ3v) is 7.31. The maximum absolute atomic E-state index is 12.7. The molecule has 8 nitrogen and oxygen atoms in total. The Morgan fingerprint density at radius 1 is 1.25 bits per heavy atom. The van der Waals surface area contributed by atoms with Crippen LogP contribution in [0.4, 0.5) is 10.5 Å². The molecule has 2 aliphatic carbocycles. The van der Waals surface area contributed by atoms with E-state index in [0.29, 0.717) is 19.1 Å². The molecule has 1 unspecified atom stereocenters. The first-order valence-electron chi connectivity index (χ1n) is 9.65. The summed E-state index contributed by atoms with van der Waals surface area (Å²) in [6, 6.07) is 1.45. The number of rotatable bonds is 4. The van der Waals surface area contributed by atoms with Gasteiger partial charge in [-0.15, -0.1) is 0 Å². The predicted molar refractivity (Wildman–Crippen MR) is 102 cm³/mol. The number of fused-ring (bicyclic) bond motifs is 3. The summed E-state index contributed by atoms with van der Waals surface area (Å²) in [4.78, 5) is 12.4. The maximum Gasteiger partial charge on any atom is 0.333 e. The Kier molecular flexibility index (Phi) is 3.90. The molecule has 1 aromatic heterocycles. The van der Waals surface area contributed by atoms with Gasteiger partial charge in [-0.1, -0.05) is 13.0 Å². The van der Waals surface area contributed by atoms with Gasteiger partial charge < -0.3 is 10.1 Å². The zero-order valence-corrected chi connectivity index (χ0v) is 16.4. The van der Waals surface area contributed by atoms with Crippen molar-refractivity contribution in [2.24, 2.45) is 5.92 Å². The van der Waals surface area contributed by atoms with Crippen LogP contribution in [0.3, 0.4) is 0 Å². The summed E-state index contributed by atoms with van der Waals surface area (Å²) >= 11 is 0. The van der Waals surface area contributed by atoms with Crippen LogP contribution in [-0.4, -0.2) is 30.8 Å². The fourth-order valence-corrected chi connectivity index (χ4v) is 5.08. The molecule has 0 saturated carbocycles. The summed E-state index contributed by atoms with van der Waals surface area (Å²) < 4.78 is 34.8. The summed E-state index contributed by atoms with van der Waals surface area (Å²) in [5.74, 6) is 0.492. The van der Waals surface area contributed by atoms with Crippen molar-refractivity contribution in [3.05, 3.63) is 34.5 Å².